The van der Waals surface area contributed by atoms with Crippen molar-refractivity contribution in [2.24, 2.45) is 11.5 Å². The maximum absolute atomic E-state index is 11.7. The third kappa shape index (κ3) is 11.2. The monoisotopic (exact) mass is 350 g/mol. The average Bonchev–Trinajstić information content (AvgIpc) is 2.51. The molecule has 0 aromatic heterocycles. The molecule has 6 N–H and O–H groups in total. The van der Waals surface area contributed by atoms with E-state index in [0.717, 1.165) is 23.0 Å². The minimum Gasteiger partial charge on any atom is -0.353 e. The van der Waals surface area contributed by atoms with Gasteiger partial charge in [0.05, 0.1) is 12.1 Å². The van der Waals surface area contributed by atoms with Crippen molar-refractivity contribution in [3.63, 3.8) is 0 Å². The zero-order chi connectivity index (χ0) is 16.8. The minimum absolute atomic E-state index is 0.172. The summed E-state index contributed by atoms with van der Waals surface area (Å²) in [6, 6.07) is -0.967. The van der Waals surface area contributed by atoms with Crippen molar-refractivity contribution in [3.05, 3.63) is 0 Å². The van der Waals surface area contributed by atoms with E-state index in [0.29, 0.717) is 25.9 Å². The molecule has 0 unspecified atom stereocenters. The summed E-state index contributed by atoms with van der Waals surface area (Å²) < 4.78 is 0. The van der Waals surface area contributed by atoms with E-state index in [1.165, 1.54) is 0 Å². The van der Waals surface area contributed by atoms with Crippen LogP contribution < -0.4 is 22.1 Å². The third-order valence-electron chi connectivity index (χ3n) is 2.95. The molecule has 0 aromatic carbocycles. The highest BCUT2D eigenvalue weighted by Crippen LogP contribution is 2.03. The predicted molar refractivity (Wildman–Crippen MR) is 97.2 cm³/mol. The molecule has 2 amide bonds. The lowest BCUT2D eigenvalue weighted by molar-refractivity contribution is -0.124. The second-order valence-electron chi connectivity index (χ2n) is 4.77. The molecule has 0 saturated heterocycles. The molecular formula is C14H30N4O2S2. The van der Waals surface area contributed by atoms with E-state index in [2.05, 4.69) is 24.5 Å². The molecule has 0 spiro atoms. The maximum atomic E-state index is 11.7. The number of nitrogens with two attached hydrogens (primary N) is 2. The molecule has 0 saturated carbocycles. The summed E-state index contributed by atoms with van der Waals surface area (Å²) in [6.07, 6.45) is 1.33. The highest BCUT2D eigenvalue weighted by molar-refractivity contribution is 7.99. The molecule has 6 nitrogen and oxygen atoms in total. The lowest BCUT2D eigenvalue weighted by Crippen LogP contribution is -2.46. The lowest BCUT2D eigenvalue weighted by atomic mass is 10.2. The number of nitrogens with one attached hydrogen (secondary N) is 2. The largest absolute Gasteiger partial charge is 0.353 e. The van der Waals surface area contributed by atoms with Gasteiger partial charge in [-0.15, -0.1) is 0 Å². The van der Waals surface area contributed by atoms with Gasteiger partial charge in [0.25, 0.3) is 0 Å². The highest BCUT2D eigenvalue weighted by atomic mass is 32.2. The molecule has 0 fully saturated rings. The van der Waals surface area contributed by atoms with Crippen molar-refractivity contribution in [2.75, 3.05) is 36.1 Å². The molecule has 0 aliphatic rings. The number of hydrogen-bond donors (Lipinski definition) is 4. The first-order chi connectivity index (χ1) is 10.5. The summed E-state index contributed by atoms with van der Waals surface area (Å²) in [7, 11) is 0. The van der Waals surface area contributed by atoms with E-state index < -0.39 is 12.1 Å². The van der Waals surface area contributed by atoms with Crippen molar-refractivity contribution < 1.29 is 9.59 Å². The van der Waals surface area contributed by atoms with Crippen LogP contribution in [0.15, 0.2) is 0 Å². The Morgan fingerprint density at radius 2 is 1.23 bits per heavy atom. The maximum Gasteiger partial charge on any atom is 0.237 e. The van der Waals surface area contributed by atoms with Crippen molar-refractivity contribution in [2.45, 2.75) is 38.8 Å². The quantitative estimate of drug-likeness (QED) is 0.352. The normalized spacial score (nSPS) is 13.5. The third-order valence-corrected chi connectivity index (χ3v) is 4.82. The fourth-order valence-electron chi connectivity index (χ4n) is 1.61. The van der Waals surface area contributed by atoms with E-state index in [1.807, 2.05) is 0 Å². The van der Waals surface area contributed by atoms with Crippen LogP contribution in [0.25, 0.3) is 0 Å². The van der Waals surface area contributed by atoms with Crippen molar-refractivity contribution in [1.82, 2.24) is 10.6 Å². The fraction of sp³-hybridized carbons (Fsp3) is 0.857. The van der Waals surface area contributed by atoms with Crippen LogP contribution in [0.3, 0.4) is 0 Å². The van der Waals surface area contributed by atoms with Crippen LogP contribution in [-0.2, 0) is 9.59 Å². The highest BCUT2D eigenvalue weighted by Gasteiger charge is 2.14. The van der Waals surface area contributed by atoms with Crippen LogP contribution in [0.5, 0.6) is 0 Å². The Labute approximate surface area is 142 Å². The topological polar surface area (TPSA) is 110 Å². The van der Waals surface area contributed by atoms with Crippen LogP contribution in [0.1, 0.15) is 26.7 Å². The Bertz CT molecular complexity index is 289. The van der Waals surface area contributed by atoms with Crippen LogP contribution >= 0.6 is 23.5 Å². The Balaban J connectivity index is 3.69. The van der Waals surface area contributed by atoms with Crippen LogP contribution in [0, 0.1) is 0 Å². The number of amides is 2. The molecule has 0 radical (unpaired) electrons. The van der Waals surface area contributed by atoms with E-state index in [4.69, 9.17) is 11.5 Å². The smallest absolute Gasteiger partial charge is 0.237 e. The van der Waals surface area contributed by atoms with Crippen molar-refractivity contribution in [1.29, 1.82) is 0 Å². The molecule has 0 rings (SSSR count). The molecule has 22 heavy (non-hydrogen) atoms. The van der Waals surface area contributed by atoms with E-state index in [9.17, 15) is 9.59 Å². The van der Waals surface area contributed by atoms with Crippen molar-refractivity contribution >= 4 is 35.3 Å². The van der Waals surface area contributed by atoms with Gasteiger partial charge in [-0.05, 0) is 35.9 Å². The van der Waals surface area contributed by atoms with Gasteiger partial charge in [0.2, 0.25) is 11.8 Å². The van der Waals surface area contributed by atoms with E-state index in [-0.39, 0.29) is 11.8 Å². The first-order valence-corrected chi connectivity index (χ1v) is 10.1. The second-order valence-corrected chi connectivity index (χ2v) is 7.55. The van der Waals surface area contributed by atoms with Gasteiger partial charge in [0, 0.05) is 13.1 Å². The Morgan fingerprint density at radius 3 is 1.55 bits per heavy atom. The molecule has 130 valence electrons. The Kier molecular flexibility index (Phi) is 13.9. The Morgan fingerprint density at radius 1 is 0.864 bits per heavy atom. The number of rotatable bonds is 13. The van der Waals surface area contributed by atoms with Crippen LogP contribution in [0.4, 0.5) is 0 Å². The first-order valence-electron chi connectivity index (χ1n) is 7.74. The number of hydrogen-bond acceptors (Lipinski definition) is 6. The molecule has 0 heterocycles. The molecule has 0 aliphatic heterocycles. The molecule has 8 heteroatoms. The number of carbonyl (C=O) groups is 2. The van der Waals surface area contributed by atoms with Gasteiger partial charge in [0.15, 0.2) is 0 Å². The summed E-state index contributed by atoms with van der Waals surface area (Å²) in [5.41, 5.74) is 11.6. The summed E-state index contributed by atoms with van der Waals surface area (Å²) in [5.74, 6) is 3.47. The second kappa shape index (κ2) is 14.2. The molecule has 0 aliphatic carbocycles. The fourth-order valence-corrected chi connectivity index (χ4v) is 3.02. The van der Waals surface area contributed by atoms with Crippen LogP contribution in [-0.4, -0.2) is 60.0 Å². The predicted octanol–water partition coefficient (Wildman–Crippen LogP) is 0.160. The van der Waals surface area contributed by atoms with Gasteiger partial charge in [-0.1, -0.05) is 13.8 Å². The van der Waals surface area contributed by atoms with Gasteiger partial charge >= 0.3 is 0 Å². The van der Waals surface area contributed by atoms with Gasteiger partial charge < -0.3 is 22.1 Å². The van der Waals surface area contributed by atoms with Gasteiger partial charge in [-0.2, -0.15) is 23.5 Å². The standard InChI is InChI=1S/C14H30N4O2S2/c1-3-21-9-5-11(15)13(19)17-7-8-18-14(20)12(16)6-10-22-4-2/h11-12H,3-10,15-16H2,1-2H3,(H,17,19)(H,18,20)/t11-,12-/m0/s1. The van der Waals surface area contributed by atoms with E-state index in [1.54, 1.807) is 23.5 Å². The van der Waals surface area contributed by atoms with Gasteiger partial charge in [-0.25, -0.2) is 0 Å². The summed E-state index contributed by atoms with van der Waals surface area (Å²) in [6.45, 7) is 4.89. The molecule has 0 bridgehead atoms. The first kappa shape index (κ1) is 21.6. The number of thioether (sulfide) groups is 2. The summed E-state index contributed by atoms with van der Waals surface area (Å²) in [5, 5.41) is 5.45. The van der Waals surface area contributed by atoms with Crippen molar-refractivity contribution in [3.8, 4) is 0 Å². The zero-order valence-corrected chi connectivity index (χ0v) is 15.2. The lowest BCUT2D eigenvalue weighted by Gasteiger charge is -2.14. The molecule has 2 atom stereocenters. The van der Waals surface area contributed by atoms with Crippen LogP contribution in [0.2, 0.25) is 0 Å². The molecular weight excluding hydrogens is 320 g/mol. The summed E-state index contributed by atoms with van der Waals surface area (Å²) >= 11 is 3.53. The SMILES string of the molecule is CCSCC[C@H](N)C(=O)NCCNC(=O)[C@@H](N)CCSCC. The zero-order valence-electron chi connectivity index (χ0n) is 13.6. The van der Waals surface area contributed by atoms with Gasteiger partial charge in [0.1, 0.15) is 0 Å². The molecule has 0 aromatic rings. The minimum atomic E-state index is -0.483. The average molecular weight is 351 g/mol. The van der Waals surface area contributed by atoms with Gasteiger partial charge in [-0.3, -0.25) is 9.59 Å². The number of carbonyl (C=O) groups excluding carboxylic acids is 2. The Hall–Kier alpha value is -0.440. The van der Waals surface area contributed by atoms with E-state index >= 15 is 0 Å². The summed E-state index contributed by atoms with van der Waals surface area (Å²) in [4.78, 5) is 23.4.